The van der Waals surface area contributed by atoms with Crippen LogP contribution >= 0.6 is 0 Å². The molecule has 0 radical (unpaired) electrons. The number of benzene rings is 2. The number of hydrogen-bond acceptors (Lipinski definition) is 4. The third kappa shape index (κ3) is 5.08. The average Bonchev–Trinajstić information content (AvgIpc) is 3.26. The summed E-state index contributed by atoms with van der Waals surface area (Å²) in [6, 6.07) is 14.0. The number of carboxylic acids is 1. The monoisotopic (exact) mass is 404 g/mol. The van der Waals surface area contributed by atoms with Crippen LogP contribution in [-0.4, -0.2) is 33.3 Å². The Morgan fingerprint density at radius 2 is 2.20 bits per heavy atom. The van der Waals surface area contributed by atoms with Crippen molar-refractivity contribution in [3.8, 4) is 11.5 Å². The molecule has 1 aromatic heterocycles. The van der Waals surface area contributed by atoms with E-state index in [9.17, 15) is 4.79 Å². The van der Waals surface area contributed by atoms with Crippen LogP contribution in [0.3, 0.4) is 0 Å². The summed E-state index contributed by atoms with van der Waals surface area (Å²) in [5.41, 5.74) is 3.04. The van der Waals surface area contributed by atoms with Crippen molar-refractivity contribution in [1.29, 1.82) is 0 Å². The zero-order chi connectivity index (χ0) is 20.8. The average molecular weight is 404 g/mol. The van der Waals surface area contributed by atoms with Crippen molar-refractivity contribution in [3.05, 3.63) is 84.0 Å². The predicted octanol–water partition coefficient (Wildman–Crippen LogP) is 4.19. The van der Waals surface area contributed by atoms with Crippen LogP contribution in [0.2, 0.25) is 0 Å². The molecule has 1 aliphatic heterocycles. The molecule has 1 N–H and O–H groups in total. The highest BCUT2D eigenvalue weighted by Crippen LogP contribution is 2.29. The van der Waals surface area contributed by atoms with Crippen LogP contribution in [0.1, 0.15) is 29.5 Å². The Morgan fingerprint density at radius 1 is 1.30 bits per heavy atom. The Hall–Kier alpha value is -3.54. The standard InChI is InChI=1S/C24H24N2O4/c27-24(28)10-8-20-6-5-18(16-26-13-12-25-17-26)15-23(20)29-14-11-21-9-7-19-3-1-2-4-22(19)30-21/h1-6,8,10,12-13,15,17,21H,7,9,11,14,16H2,(H,27,28). The topological polar surface area (TPSA) is 73.6 Å². The molecule has 2 aromatic carbocycles. The second-order valence-corrected chi connectivity index (χ2v) is 7.30. The summed E-state index contributed by atoms with van der Waals surface area (Å²) in [6.07, 6.45) is 10.9. The van der Waals surface area contributed by atoms with Crippen LogP contribution < -0.4 is 9.47 Å². The van der Waals surface area contributed by atoms with Crippen molar-refractivity contribution in [1.82, 2.24) is 9.55 Å². The summed E-state index contributed by atoms with van der Waals surface area (Å²) in [6.45, 7) is 1.16. The highest BCUT2D eigenvalue weighted by Gasteiger charge is 2.19. The number of aryl methyl sites for hydroxylation is 1. The summed E-state index contributed by atoms with van der Waals surface area (Å²) >= 11 is 0. The SMILES string of the molecule is O=C(O)C=Cc1ccc(Cn2ccnc2)cc1OCCC1CCc2ccccc2O1. The molecule has 0 saturated heterocycles. The van der Waals surface area contributed by atoms with Gasteiger partial charge in [0.15, 0.2) is 0 Å². The van der Waals surface area contributed by atoms with E-state index >= 15 is 0 Å². The molecular weight excluding hydrogens is 380 g/mol. The zero-order valence-electron chi connectivity index (χ0n) is 16.6. The number of ether oxygens (including phenoxy) is 2. The van der Waals surface area contributed by atoms with Crippen molar-refractivity contribution in [2.24, 2.45) is 0 Å². The molecule has 1 atom stereocenters. The third-order valence-corrected chi connectivity index (χ3v) is 5.11. The van der Waals surface area contributed by atoms with Crippen molar-refractivity contribution in [2.75, 3.05) is 6.61 Å². The fourth-order valence-corrected chi connectivity index (χ4v) is 3.58. The quantitative estimate of drug-likeness (QED) is 0.570. The first kappa shape index (κ1) is 19.8. The normalized spacial score (nSPS) is 15.5. The van der Waals surface area contributed by atoms with Gasteiger partial charge in [0.1, 0.15) is 17.6 Å². The molecular formula is C24H24N2O4. The number of carbonyl (C=O) groups is 1. The maximum atomic E-state index is 10.9. The van der Waals surface area contributed by atoms with Gasteiger partial charge in [0.25, 0.3) is 0 Å². The Balaban J connectivity index is 1.42. The predicted molar refractivity (Wildman–Crippen MR) is 114 cm³/mol. The first-order valence-electron chi connectivity index (χ1n) is 10.0. The molecule has 30 heavy (non-hydrogen) atoms. The molecule has 0 saturated carbocycles. The first-order chi connectivity index (χ1) is 14.7. The number of imidazole rings is 1. The first-order valence-corrected chi connectivity index (χ1v) is 10.0. The van der Waals surface area contributed by atoms with E-state index in [1.165, 1.54) is 5.56 Å². The molecule has 4 rings (SSSR count). The summed E-state index contributed by atoms with van der Waals surface area (Å²) in [5.74, 6) is 0.639. The minimum Gasteiger partial charge on any atom is -0.493 e. The molecule has 154 valence electrons. The number of aromatic nitrogens is 2. The van der Waals surface area contributed by atoms with Gasteiger partial charge >= 0.3 is 5.97 Å². The van der Waals surface area contributed by atoms with E-state index in [1.54, 1.807) is 18.6 Å². The van der Waals surface area contributed by atoms with Gasteiger partial charge in [-0.3, -0.25) is 0 Å². The van der Waals surface area contributed by atoms with Crippen LogP contribution in [0.4, 0.5) is 0 Å². The third-order valence-electron chi connectivity index (χ3n) is 5.11. The largest absolute Gasteiger partial charge is 0.493 e. The van der Waals surface area contributed by atoms with E-state index in [1.807, 2.05) is 47.2 Å². The minimum absolute atomic E-state index is 0.118. The molecule has 1 aliphatic rings. The highest BCUT2D eigenvalue weighted by atomic mass is 16.5. The number of para-hydroxylation sites is 1. The highest BCUT2D eigenvalue weighted by molar-refractivity contribution is 5.85. The maximum absolute atomic E-state index is 10.9. The minimum atomic E-state index is -0.988. The van der Waals surface area contributed by atoms with Crippen LogP contribution in [0.5, 0.6) is 11.5 Å². The van der Waals surface area contributed by atoms with Gasteiger partial charge in [-0.15, -0.1) is 0 Å². The van der Waals surface area contributed by atoms with Crippen LogP contribution in [0, 0.1) is 0 Å². The van der Waals surface area contributed by atoms with Gasteiger partial charge in [-0.25, -0.2) is 9.78 Å². The number of hydrogen-bond donors (Lipinski definition) is 1. The van der Waals surface area contributed by atoms with E-state index in [0.29, 0.717) is 18.9 Å². The van der Waals surface area contributed by atoms with E-state index in [0.717, 1.165) is 42.2 Å². The number of nitrogens with zero attached hydrogens (tertiary/aromatic N) is 2. The van der Waals surface area contributed by atoms with E-state index in [2.05, 4.69) is 11.1 Å². The lowest BCUT2D eigenvalue weighted by molar-refractivity contribution is -0.131. The Labute approximate surface area is 175 Å². The smallest absolute Gasteiger partial charge is 0.328 e. The molecule has 6 nitrogen and oxygen atoms in total. The van der Waals surface area contributed by atoms with Gasteiger partial charge in [0.05, 0.1) is 12.9 Å². The molecule has 3 aromatic rings. The number of carboxylic acid groups (broad SMARTS) is 1. The Bertz CT molecular complexity index is 1030. The number of fused-ring (bicyclic) bond motifs is 1. The maximum Gasteiger partial charge on any atom is 0.328 e. The molecule has 0 bridgehead atoms. The van der Waals surface area contributed by atoms with Gasteiger partial charge in [-0.05, 0) is 42.2 Å². The van der Waals surface area contributed by atoms with Gasteiger partial charge in [0, 0.05) is 37.0 Å². The molecule has 0 amide bonds. The van der Waals surface area contributed by atoms with Gasteiger partial charge in [0.2, 0.25) is 0 Å². The fraction of sp³-hybridized carbons (Fsp3) is 0.250. The summed E-state index contributed by atoms with van der Waals surface area (Å²) in [7, 11) is 0. The van der Waals surface area contributed by atoms with Crippen molar-refractivity contribution in [2.45, 2.75) is 31.9 Å². The summed E-state index contributed by atoms with van der Waals surface area (Å²) in [4.78, 5) is 15.0. The van der Waals surface area contributed by atoms with E-state index < -0.39 is 5.97 Å². The van der Waals surface area contributed by atoms with Gasteiger partial charge < -0.3 is 19.1 Å². The Kier molecular flexibility index (Phi) is 6.13. The van der Waals surface area contributed by atoms with Crippen molar-refractivity contribution >= 4 is 12.0 Å². The van der Waals surface area contributed by atoms with Crippen molar-refractivity contribution < 1.29 is 19.4 Å². The molecule has 0 aliphatic carbocycles. The van der Waals surface area contributed by atoms with Crippen LogP contribution in [0.15, 0.2) is 67.3 Å². The summed E-state index contributed by atoms with van der Waals surface area (Å²) in [5, 5.41) is 8.96. The molecule has 1 unspecified atom stereocenters. The second kappa shape index (κ2) is 9.31. The number of aliphatic carboxylic acids is 1. The number of rotatable bonds is 8. The molecule has 6 heteroatoms. The lowest BCUT2D eigenvalue weighted by Gasteiger charge is -2.26. The van der Waals surface area contributed by atoms with Gasteiger partial charge in [-0.2, -0.15) is 0 Å². The second-order valence-electron chi connectivity index (χ2n) is 7.30. The molecule has 0 fully saturated rings. The fourth-order valence-electron chi connectivity index (χ4n) is 3.58. The Morgan fingerprint density at radius 3 is 3.03 bits per heavy atom. The lowest BCUT2D eigenvalue weighted by Crippen LogP contribution is -2.24. The van der Waals surface area contributed by atoms with E-state index in [-0.39, 0.29) is 6.10 Å². The molecule has 2 heterocycles. The van der Waals surface area contributed by atoms with Crippen molar-refractivity contribution in [3.63, 3.8) is 0 Å². The zero-order valence-corrected chi connectivity index (χ0v) is 16.6. The lowest BCUT2D eigenvalue weighted by atomic mass is 10.0. The summed E-state index contributed by atoms with van der Waals surface area (Å²) < 4.78 is 14.1. The van der Waals surface area contributed by atoms with E-state index in [4.69, 9.17) is 14.6 Å². The van der Waals surface area contributed by atoms with Crippen LogP contribution in [0.25, 0.3) is 6.08 Å². The van der Waals surface area contributed by atoms with Crippen LogP contribution in [-0.2, 0) is 17.8 Å². The van der Waals surface area contributed by atoms with Gasteiger partial charge in [-0.1, -0.05) is 30.3 Å². The molecule has 0 spiro atoms.